The lowest BCUT2D eigenvalue weighted by Gasteiger charge is -2.13. The molecule has 0 radical (unpaired) electrons. The second-order valence-electron chi connectivity index (χ2n) is 3.61. The van der Waals surface area contributed by atoms with Crippen molar-refractivity contribution in [2.24, 2.45) is 0 Å². The van der Waals surface area contributed by atoms with Crippen molar-refractivity contribution in [3.05, 3.63) is 30.3 Å². The predicted octanol–water partition coefficient (Wildman–Crippen LogP) is 1.96. The lowest BCUT2D eigenvalue weighted by molar-refractivity contribution is 0.330. The highest BCUT2D eigenvalue weighted by atomic mass is 16.4. The van der Waals surface area contributed by atoms with Crippen molar-refractivity contribution in [2.45, 2.75) is 0 Å². The zero-order valence-electron chi connectivity index (χ0n) is 9.12. The van der Waals surface area contributed by atoms with Gasteiger partial charge in [0.1, 0.15) is 5.69 Å². The Morgan fingerprint density at radius 2 is 1.06 bits per heavy atom. The van der Waals surface area contributed by atoms with E-state index in [1.807, 2.05) is 0 Å². The molecule has 6 heteroatoms. The molecule has 0 atom stereocenters. The van der Waals surface area contributed by atoms with E-state index in [1.165, 1.54) is 0 Å². The molecule has 0 aliphatic rings. The maximum atomic E-state index is 9.60. The molecule has 0 aliphatic heterocycles. The molecule has 2 rings (SSSR count). The molecule has 6 nitrogen and oxygen atoms in total. The molecular formula is C12H11NO5. The van der Waals surface area contributed by atoms with E-state index in [1.54, 1.807) is 30.3 Å². The van der Waals surface area contributed by atoms with Gasteiger partial charge in [-0.25, -0.2) is 0 Å². The van der Waals surface area contributed by atoms with E-state index in [0.29, 0.717) is 5.69 Å². The SMILES string of the molecule is Oc1c(O)c(O)c(Nc2ccccc2)c(O)c1O. The van der Waals surface area contributed by atoms with Crippen LogP contribution in [0.4, 0.5) is 11.4 Å². The first kappa shape index (κ1) is 11.7. The minimum atomic E-state index is -0.983. The van der Waals surface area contributed by atoms with Crippen molar-refractivity contribution in [3.8, 4) is 28.7 Å². The highest BCUT2D eigenvalue weighted by Crippen LogP contribution is 2.54. The molecule has 0 saturated carbocycles. The number of aromatic hydroxyl groups is 5. The van der Waals surface area contributed by atoms with Crippen LogP contribution in [0.25, 0.3) is 0 Å². The summed E-state index contributed by atoms with van der Waals surface area (Å²) in [5, 5.41) is 49.8. The van der Waals surface area contributed by atoms with Crippen molar-refractivity contribution in [1.82, 2.24) is 0 Å². The molecule has 0 spiro atoms. The smallest absolute Gasteiger partial charge is 0.208 e. The highest BCUT2D eigenvalue weighted by Gasteiger charge is 2.23. The maximum absolute atomic E-state index is 9.60. The summed E-state index contributed by atoms with van der Waals surface area (Å²) in [6.07, 6.45) is 0. The summed E-state index contributed by atoms with van der Waals surface area (Å²) < 4.78 is 0. The topological polar surface area (TPSA) is 113 Å². The lowest BCUT2D eigenvalue weighted by atomic mass is 10.2. The van der Waals surface area contributed by atoms with Gasteiger partial charge in [-0.05, 0) is 12.1 Å². The Morgan fingerprint density at radius 1 is 0.611 bits per heavy atom. The summed E-state index contributed by atoms with van der Waals surface area (Å²) in [6.45, 7) is 0. The van der Waals surface area contributed by atoms with E-state index in [2.05, 4.69) is 5.32 Å². The average molecular weight is 249 g/mol. The van der Waals surface area contributed by atoms with Crippen molar-refractivity contribution >= 4 is 11.4 Å². The molecule has 0 unspecified atom stereocenters. The van der Waals surface area contributed by atoms with Crippen LogP contribution in [0.2, 0.25) is 0 Å². The van der Waals surface area contributed by atoms with Gasteiger partial charge in [0.2, 0.25) is 17.2 Å². The van der Waals surface area contributed by atoms with Crippen LogP contribution in [0.1, 0.15) is 0 Å². The summed E-state index contributed by atoms with van der Waals surface area (Å²) in [4.78, 5) is 0. The van der Waals surface area contributed by atoms with Gasteiger partial charge in [-0.15, -0.1) is 0 Å². The number of hydrogen-bond donors (Lipinski definition) is 6. The summed E-state index contributed by atoms with van der Waals surface area (Å²) in [7, 11) is 0. The van der Waals surface area contributed by atoms with Crippen molar-refractivity contribution in [1.29, 1.82) is 0 Å². The van der Waals surface area contributed by atoms with Crippen LogP contribution in [0.5, 0.6) is 28.7 Å². The molecule has 94 valence electrons. The van der Waals surface area contributed by atoms with E-state index in [-0.39, 0.29) is 5.69 Å². The van der Waals surface area contributed by atoms with Gasteiger partial charge >= 0.3 is 0 Å². The molecule has 0 amide bonds. The van der Waals surface area contributed by atoms with Gasteiger partial charge in [0.15, 0.2) is 11.5 Å². The molecule has 2 aromatic carbocycles. The molecule has 0 heterocycles. The summed E-state index contributed by atoms with van der Waals surface area (Å²) >= 11 is 0. The summed E-state index contributed by atoms with van der Waals surface area (Å²) in [5.74, 6) is -4.32. The van der Waals surface area contributed by atoms with Gasteiger partial charge in [0, 0.05) is 5.69 Å². The number of phenols is 5. The molecule has 18 heavy (non-hydrogen) atoms. The Hall–Kier alpha value is -2.76. The first-order valence-electron chi connectivity index (χ1n) is 5.03. The number of benzene rings is 2. The Balaban J connectivity index is 2.52. The van der Waals surface area contributed by atoms with Gasteiger partial charge in [0.25, 0.3) is 0 Å². The minimum Gasteiger partial charge on any atom is -0.503 e. The monoisotopic (exact) mass is 249 g/mol. The van der Waals surface area contributed by atoms with Gasteiger partial charge < -0.3 is 30.8 Å². The third-order valence-corrected chi connectivity index (χ3v) is 2.41. The number of phenolic OH excluding ortho intramolecular Hbond substituents is 5. The molecule has 0 fully saturated rings. The first-order valence-corrected chi connectivity index (χ1v) is 5.03. The van der Waals surface area contributed by atoms with Crippen LogP contribution in [-0.4, -0.2) is 25.5 Å². The van der Waals surface area contributed by atoms with Crippen LogP contribution in [0, 0.1) is 0 Å². The van der Waals surface area contributed by atoms with E-state index >= 15 is 0 Å². The Labute approximate surface area is 102 Å². The van der Waals surface area contributed by atoms with Gasteiger partial charge in [0.05, 0.1) is 0 Å². The Kier molecular flexibility index (Phi) is 2.77. The van der Waals surface area contributed by atoms with Gasteiger partial charge in [-0.1, -0.05) is 18.2 Å². The molecular weight excluding hydrogens is 238 g/mol. The van der Waals surface area contributed by atoms with Crippen molar-refractivity contribution < 1.29 is 25.5 Å². The van der Waals surface area contributed by atoms with E-state index in [9.17, 15) is 25.5 Å². The maximum Gasteiger partial charge on any atom is 0.208 e. The zero-order valence-corrected chi connectivity index (χ0v) is 9.12. The number of anilines is 2. The summed E-state index contributed by atoms with van der Waals surface area (Å²) in [6, 6.07) is 8.52. The molecule has 0 bridgehead atoms. The minimum absolute atomic E-state index is 0.297. The normalized spacial score (nSPS) is 10.2. The number of para-hydroxylation sites is 1. The van der Waals surface area contributed by atoms with E-state index in [4.69, 9.17) is 0 Å². The molecule has 2 aromatic rings. The van der Waals surface area contributed by atoms with E-state index < -0.39 is 28.7 Å². The number of rotatable bonds is 2. The fourth-order valence-corrected chi connectivity index (χ4v) is 1.47. The molecule has 0 aromatic heterocycles. The fraction of sp³-hybridized carbons (Fsp3) is 0. The second-order valence-corrected chi connectivity index (χ2v) is 3.61. The zero-order chi connectivity index (χ0) is 13.3. The third-order valence-electron chi connectivity index (χ3n) is 2.41. The summed E-state index contributed by atoms with van der Waals surface area (Å²) in [5.41, 5.74) is 0.224. The average Bonchev–Trinajstić information content (AvgIpc) is 2.40. The Morgan fingerprint density at radius 3 is 1.56 bits per heavy atom. The fourth-order valence-electron chi connectivity index (χ4n) is 1.47. The number of nitrogens with one attached hydrogen (secondary N) is 1. The van der Waals surface area contributed by atoms with Crippen LogP contribution in [-0.2, 0) is 0 Å². The predicted molar refractivity (Wildman–Crippen MR) is 64.5 cm³/mol. The van der Waals surface area contributed by atoms with Crippen LogP contribution in [0.3, 0.4) is 0 Å². The van der Waals surface area contributed by atoms with Crippen LogP contribution < -0.4 is 5.32 Å². The molecule has 6 N–H and O–H groups in total. The van der Waals surface area contributed by atoms with Gasteiger partial charge in [-0.3, -0.25) is 0 Å². The third kappa shape index (κ3) is 1.80. The van der Waals surface area contributed by atoms with Crippen molar-refractivity contribution in [2.75, 3.05) is 5.32 Å². The van der Waals surface area contributed by atoms with Gasteiger partial charge in [-0.2, -0.15) is 0 Å². The van der Waals surface area contributed by atoms with Crippen LogP contribution in [0.15, 0.2) is 30.3 Å². The largest absolute Gasteiger partial charge is 0.503 e. The first-order chi connectivity index (χ1) is 8.52. The standard InChI is InChI=1S/C12H11NO5/c14-8-7(13-6-4-2-1-3-5-6)9(15)11(17)12(18)10(8)16/h1-5,13-18H. The highest BCUT2D eigenvalue weighted by molar-refractivity contribution is 5.82. The lowest BCUT2D eigenvalue weighted by Crippen LogP contribution is -1.92. The quantitative estimate of drug-likeness (QED) is 0.358. The van der Waals surface area contributed by atoms with E-state index in [0.717, 1.165) is 0 Å². The van der Waals surface area contributed by atoms with Crippen LogP contribution >= 0.6 is 0 Å². The number of hydrogen-bond acceptors (Lipinski definition) is 6. The Bertz CT molecular complexity index is 554. The molecule has 0 aliphatic carbocycles. The molecule has 0 saturated heterocycles. The van der Waals surface area contributed by atoms with Crippen molar-refractivity contribution in [3.63, 3.8) is 0 Å². The second kappa shape index (κ2) is 4.25.